The molecule has 0 fully saturated rings. The molecule has 0 bridgehead atoms. The number of ether oxygens (including phenoxy) is 2. The van der Waals surface area contributed by atoms with Crippen LogP contribution in [0, 0.1) is 0 Å². The normalized spacial score (nSPS) is 12.9. The van der Waals surface area contributed by atoms with Crippen molar-refractivity contribution in [2.24, 2.45) is 0 Å². The fourth-order valence-electron chi connectivity index (χ4n) is 2.18. The molecule has 126 valence electrons. The maximum atomic E-state index is 5.89. The van der Waals surface area contributed by atoms with E-state index in [1.165, 1.54) is 11.1 Å². The van der Waals surface area contributed by atoms with Gasteiger partial charge in [0, 0.05) is 38.0 Å². The van der Waals surface area contributed by atoms with Crippen LogP contribution in [-0.4, -0.2) is 48.4 Å². The van der Waals surface area contributed by atoms with Crippen molar-refractivity contribution in [2.45, 2.75) is 58.7 Å². The molecule has 1 heterocycles. The van der Waals surface area contributed by atoms with Gasteiger partial charge in [-0.3, -0.25) is 9.88 Å². The van der Waals surface area contributed by atoms with Crippen molar-refractivity contribution in [3.8, 4) is 0 Å². The lowest BCUT2D eigenvalue weighted by Gasteiger charge is -2.32. The van der Waals surface area contributed by atoms with E-state index in [1.807, 2.05) is 12.4 Å². The van der Waals surface area contributed by atoms with Crippen LogP contribution in [0.1, 0.15) is 45.7 Å². The lowest BCUT2D eigenvalue weighted by molar-refractivity contribution is -0.0386. The fraction of sp³-hybridized carbons (Fsp3) is 0.722. The highest BCUT2D eigenvalue weighted by atomic mass is 16.5. The number of aromatic nitrogens is 1. The number of rotatable bonds is 8. The Kier molecular flexibility index (Phi) is 6.98. The second-order valence-electron chi connectivity index (χ2n) is 7.51. The van der Waals surface area contributed by atoms with Gasteiger partial charge in [0.25, 0.3) is 0 Å². The van der Waals surface area contributed by atoms with Crippen molar-refractivity contribution in [1.29, 1.82) is 0 Å². The highest BCUT2D eigenvalue weighted by Gasteiger charge is 2.20. The van der Waals surface area contributed by atoms with E-state index in [2.05, 4.69) is 57.6 Å². The molecule has 22 heavy (non-hydrogen) atoms. The number of hydrogen-bond donors (Lipinski definition) is 0. The van der Waals surface area contributed by atoms with Crippen LogP contribution < -0.4 is 0 Å². The Morgan fingerprint density at radius 1 is 1.05 bits per heavy atom. The molecule has 0 radical (unpaired) electrons. The Morgan fingerprint density at radius 2 is 1.68 bits per heavy atom. The van der Waals surface area contributed by atoms with Gasteiger partial charge in [-0.2, -0.15) is 0 Å². The fourth-order valence-corrected chi connectivity index (χ4v) is 2.18. The number of hydrogen-bond acceptors (Lipinski definition) is 4. The van der Waals surface area contributed by atoms with Gasteiger partial charge in [-0.25, -0.2) is 0 Å². The Balaban J connectivity index is 2.67. The molecular weight excluding hydrogens is 276 g/mol. The number of methoxy groups -OCH3 is 1. The van der Waals surface area contributed by atoms with Gasteiger partial charge in [-0.05, 0) is 52.8 Å². The first-order valence-corrected chi connectivity index (χ1v) is 7.91. The van der Waals surface area contributed by atoms with Gasteiger partial charge in [-0.15, -0.1) is 0 Å². The molecule has 0 aliphatic carbocycles. The predicted molar refractivity (Wildman–Crippen MR) is 91.1 cm³/mol. The van der Waals surface area contributed by atoms with Crippen molar-refractivity contribution < 1.29 is 9.47 Å². The molecule has 0 N–H and O–H groups in total. The zero-order valence-corrected chi connectivity index (χ0v) is 15.3. The van der Waals surface area contributed by atoms with E-state index in [0.29, 0.717) is 13.2 Å². The number of nitrogens with zero attached hydrogens (tertiary/aromatic N) is 2. The van der Waals surface area contributed by atoms with Gasteiger partial charge >= 0.3 is 0 Å². The third kappa shape index (κ3) is 6.86. The monoisotopic (exact) mass is 308 g/mol. The summed E-state index contributed by atoms with van der Waals surface area (Å²) in [4.78, 5) is 6.72. The smallest absolute Gasteiger partial charge is 0.0707 e. The molecule has 0 unspecified atom stereocenters. The second kappa shape index (κ2) is 8.04. The Labute approximate surface area is 135 Å². The summed E-state index contributed by atoms with van der Waals surface area (Å²) in [7, 11) is 3.83. The average Bonchev–Trinajstić information content (AvgIpc) is 2.37. The summed E-state index contributed by atoms with van der Waals surface area (Å²) in [5.74, 6) is 0. The topological polar surface area (TPSA) is 34.6 Å². The molecule has 0 aliphatic heterocycles. The van der Waals surface area contributed by atoms with Crippen LogP contribution in [0.5, 0.6) is 0 Å². The molecule has 1 aromatic heterocycles. The summed E-state index contributed by atoms with van der Waals surface area (Å²) >= 11 is 0. The first-order chi connectivity index (χ1) is 10.1. The van der Waals surface area contributed by atoms with Crippen LogP contribution in [0.3, 0.4) is 0 Å². The molecule has 0 aliphatic rings. The van der Waals surface area contributed by atoms with Crippen molar-refractivity contribution in [3.05, 3.63) is 29.6 Å². The van der Waals surface area contributed by atoms with E-state index < -0.39 is 0 Å². The van der Waals surface area contributed by atoms with Gasteiger partial charge in [0.1, 0.15) is 0 Å². The molecule has 0 atom stereocenters. The van der Waals surface area contributed by atoms with Gasteiger partial charge < -0.3 is 9.47 Å². The van der Waals surface area contributed by atoms with Crippen molar-refractivity contribution in [1.82, 2.24) is 9.88 Å². The molecule has 0 amide bonds. The first-order valence-electron chi connectivity index (χ1n) is 7.91. The average molecular weight is 308 g/mol. The van der Waals surface area contributed by atoms with Gasteiger partial charge in [0.15, 0.2) is 0 Å². The molecule has 0 saturated carbocycles. The predicted octanol–water partition coefficient (Wildman–Crippen LogP) is 3.30. The van der Waals surface area contributed by atoms with Gasteiger partial charge in [0.2, 0.25) is 0 Å². The minimum Gasteiger partial charge on any atom is -0.382 e. The summed E-state index contributed by atoms with van der Waals surface area (Å²) in [6.45, 7) is 13.0. The minimum atomic E-state index is -0.214. The molecule has 0 aromatic carbocycles. The van der Waals surface area contributed by atoms with E-state index >= 15 is 0 Å². The number of pyridine rings is 1. The quantitative estimate of drug-likeness (QED) is 0.690. The van der Waals surface area contributed by atoms with E-state index in [4.69, 9.17) is 9.47 Å². The Bertz CT molecular complexity index is 453. The third-order valence-corrected chi connectivity index (χ3v) is 3.83. The highest BCUT2D eigenvalue weighted by molar-refractivity contribution is 5.19. The standard InChI is InChI=1S/C18H32N2O2/c1-17(2,3)20(6)14-16-10-15(12-19-13-16)11-18(4,5)22-9-8-21-7/h10,12-13H,8-9,11,14H2,1-7H3. The lowest BCUT2D eigenvalue weighted by atomic mass is 9.98. The zero-order valence-electron chi connectivity index (χ0n) is 15.3. The SMILES string of the molecule is COCCOC(C)(C)Cc1cncc(CN(C)C(C)(C)C)c1. The third-order valence-electron chi connectivity index (χ3n) is 3.83. The molecule has 1 aromatic rings. The molecule has 0 saturated heterocycles. The maximum absolute atomic E-state index is 5.89. The van der Waals surface area contributed by atoms with E-state index in [0.717, 1.165) is 13.0 Å². The van der Waals surface area contributed by atoms with Gasteiger partial charge in [-0.1, -0.05) is 6.07 Å². The van der Waals surface area contributed by atoms with Crippen molar-refractivity contribution >= 4 is 0 Å². The molecule has 0 spiro atoms. The van der Waals surface area contributed by atoms with Crippen molar-refractivity contribution in [2.75, 3.05) is 27.4 Å². The van der Waals surface area contributed by atoms with Crippen LogP contribution in [0.4, 0.5) is 0 Å². The Morgan fingerprint density at radius 3 is 2.27 bits per heavy atom. The maximum Gasteiger partial charge on any atom is 0.0707 e. The zero-order chi connectivity index (χ0) is 16.8. The summed E-state index contributed by atoms with van der Waals surface area (Å²) in [6.07, 6.45) is 4.73. The summed E-state index contributed by atoms with van der Waals surface area (Å²) in [6, 6.07) is 2.23. The van der Waals surface area contributed by atoms with Gasteiger partial charge in [0.05, 0.1) is 18.8 Å². The van der Waals surface area contributed by atoms with Crippen LogP contribution in [0.25, 0.3) is 0 Å². The van der Waals surface area contributed by atoms with Crippen molar-refractivity contribution in [3.63, 3.8) is 0 Å². The molecular formula is C18H32N2O2. The summed E-state index contributed by atoms with van der Waals surface area (Å²) < 4.78 is 10.9. The second-order valence-corrected chi connectivity index (χ2v) is 7.51. The van der Waals surface area contributed by atoms with Crippen LogP contribution in [0.15, 0.2) is 18.5 Å². The Hall–Kier alpha value is -0.970. The van der Waals surface area contributed by atoms with E-state index in [9.17, 15) is 0 Å². The largest absolute Gasteiger partial charge is 0.382 e. The molecule has 1 rings (SSSR count). The molecule has 4 nitrogen and oxygen atoms in total. The molecule has 4 heteroatoms. The first kappa shape index (κ1) is 19.1. The van der Waals surface area contributed by atoms with Crippen LogP contribution in [-0.2, 0) is 22.4 Å². The van der Waals surface area contributed by atoms with Crippen LogP contribution in [0.2, 0.25) is 0 Å². The van der Waals surface area contributed by atoms with E-state index in [-0.39, 0.29) is 11.1 Å². The summed E-state index contributed by atoms with van der Waals surface area (Å²) in [5, 5.41) is 0. The van der Waals surface area contributed by atoms with Crippen LogP contribution >= 0.6 is 0 Å². The summed E-state index contributed by atoms with van der Waals surface area (Å²) in [5.41, 5.74) is 2.39. The van der Waals surface area contributed by atoms with E-state index in [1.54, 1.807) is 7.11 Å². The lowest BCUT2D eigenvalue weighted by Crippen LogP contribution is -2.37. The highest BCUT2D eigenvalue weighted by Crippen LogP contribution is 2.19. The minimum absolute atomic E-state index is 0.151.